The minimum Gasteiger partial charge on any atom is -0.314 e. The zero-order valence-electron chi connectivity index (χ0n) is 13.3. The third kappa shape index (κ3) is 2.73. The Morgan fingerprint density at radius 2 is 2.13 bits per heavy atom. The minimum absolute atomic E-state index is 0.377. The summed E-state index contributed by atoms with van der Waals surface area (Å²) in [5.74, 6) is 0. The van der Waals surface area contributed by atoms with Crippen LogP contribution in [0.1, 0.15) is 22.9 Å². The molecule has 5 heteroatoms. The normalized spacial score (nSPS) is 19.3. The summed E-state index contributed by atoms with van der Waals surface area (Å²) in [6.45, 7) is 6.04. The summed E-state index contributed by atoms with van der Waals surface area (Å²) in [7, 11) is 0. The second kappa shape index (κ2) is 6.10. The Morgan fingerprint density at radius 3 is 3.00 bits per heavy atom. The number of rotatable bonds is 3. The zero-order chi connectivity index (χ0) is 15.6. The summed E-state index contributed by atoms with van der Waals surface area (Å²) in [5.41, 5.74) is 4.82. The molecule has 3 aromatic heterocycles. The van der Waals surface area contributed by atoms with Gasteiger partial charge in [-0.1, -0.05) is 6.07 Å². The molecule has 1 saturated heterocycles. The molecule has 1 unspecified atom stereocenters. The van der Waals surface area contributed by atoms with Crippen LogP contribution in [0.25, 0.3) is 5.65 Å². The van der Waals surface area contributed by atoms with E-state index >= 15 is 0 Å². The first kappa shape index (κ1) is 14.4. The van der Waals surface area contributed by atoms with Crippen molar-refractivity contribution in [3.05, 3.63) is 65.9 Å². The Hall–Kier alpha value is -2.24. The Morgan fingerprint density at radius 1 is 1.26 bits per heavy atom. The lowest BCUT2D eigenvalue weighted by atomic mass is 10.0. The molecular weight excluding hydrogens is 286 g/mol. The Kier molecular flexibility index (Phi) is 3.81. The fourth-order valence-electron chi connectivity index (χ4n) is 3.38. The average Bonchev–Trinajstić information content (AvgIpc) is 3.01. The maximum absolute atomic E-state index is 4.59. The number of nitrogens with zero attached hydrogens (tertiary/aromatic N) is 4. The molecule has 1 aliphatic heterocycles. The minimum atomic E-state index is 0.377. The van der Waals surface area contributed by atoms with Crippen molar-refractivity contribution in [1.82, 2.24) is 24.6 Å². The molecule has 0 radical (unpaired) electrons. The number of imidazole rings is 1. The van der Waals surface area contributed by atoms with E-state index < -0.39 is 0 Å². The lowest BCUT2D eigenvalue weighted by Gasteiger charge is -2.36. The molecule has 0 aliphatic carbocycles. The van der Waals surface area contributed by atoms with Crippen molar-refractivity contribution in [3.8, 4) is 0 Å². The SMILES string of the molecule is Cc1cccn2c(CN3CCNCC3c3ccncc3)cnc12. The van der Waals surface area contributed by atoms with E-state index in [9.17, 15) is 0 Å². The van der Waals surface area contributed by atoms with Gasteiger partial charge in [0.25, 0.3) is 0 Å². The van der Waals surface area contributed by atoms with Gasteiger partial charge < -0.3 is 9.72 Å². The average molecular weight is 307 g/mol. The summed E-state index contributed by atoms with van der Waals surface area (Å²) in [5, 5.41) is 3.50. The van der Waals surface area contributed by atoms with E-state index in [2.05, 4.69) is 62.0 Å². The molecule has 0 amide bonds. The van der Waals surface area contributed by atoms with Crippen molar-refractivity contribution in [2.45, 2.75) is 19.5 Å². The Labute approximate surface area is 136 Å². The van der Waals surface area contributed by atoms with E-state index in [1.54, 1.807) is 0 Å². The Bertz CT molecular complexity index is 796. The second-order valence-electron chi connectivity index (χ2n) is 6.11. The van der Waals surface area contributed by atoms with E-state index in [-0.39, 0.29) is 0 Å². The number of aromatic nitrogens is 3. The highest BCUT2D eigenvalue weighted by Crippen LogP contribution is 2.24. The summed E-state index contributed by atoms with van der Waals surface area (Å²) < 4.78 is 2.21. The van der Waals surface area contributed by atoms with Crippen LogP contribution in [-0.2, 0) is 6.54 Å². The monoisotopic (exact) mass is 307 g/mol. The number of aryl methyl sites for hydroxylation is 1. The number of nitrogens with one attached hydrogen (secondary N) is 1. The number of hydrogen-bond donors (Lipinski definition) is 1. The number of piperazine rings is 1. The van der Waals surface area contributed by atoms with Gasteiger partial charge in [0.1, 0.15) is 5.65 Å². The van der Waals surface area contributed by atoms with E-state index in [4.69, 9.17) is 0 Å². The third-order valence-corrected chi connectivity index (χ3v) is 4.62. The van der Waals surface area contributed by atoms with Crippen LogP contribution in [-0.4, -0.2) is 38.9 Å². The van der Waals surface area contributed by atoms with Gasteiger partial charge >= 0.3 is 0 Å². The fraction of sp³-hybridized carbons (Fsp3) is 0.333. The molecule has 1 fully saturated rings. The molecule has 5 nitrogen and oxygen atoms in total. The molecule has 0 aromatic carbocycles. The van der Waals surface area contributed by atoms with Crippen LogP contribution in [0.15, 0.2) is 49.1 Å². The lowest BCUT2D eigenvalue weighted by molar-refractivity contribution is 0.151. The predicted molar refractivity (Wildman–Crippen MR) is 90.2 cm³/mol. The van der Waals surface area contributed by atoms with E-state index in [1.807, 2.05) is 18.6 Å². The fourth-order valence-corrected chi connectivity index (χ4v) is 3.38. The molecule has 0 spiro atoms. The molecular formula is C18H21N5. The summed E-state index contributed by atoms with van der Waals surface area (Å²) in [6, 6.07) is 8.80. The molecule has 0 saturated carbocycles. The van der Waals surface area contributed by atoms with Gasteiger partial charge in [-0.25, -0.2) is 4.98 Å². The second-order valence-corrected chi connectivity index (χ2v) is 6.11. The van der Waals surface area contributed by atoms with Gasteiger partial charge in [0.05, 0.1) is 11.9 Å². The van der Waals surface area contributed by atoms with Gasteiger partial charge in [0.2, 0.25) is 0 Å². The molecule has 23 heavy (non-hydrogen) atoms. The number of pyridine rings is 2. The topological polar surface area (TPSA) is 45.5 Å². The smallest absolute Gasteiger partial charge is 0.139 e. The number of hydrogen-bond acceptors (Lipinski definition) is 4. The first-order chi connectivity index (χ1) is 11.3. The molecule has 0 bridgehead atoms. The van der Waals surface area contributed by atoms with Gasteiger partial charge in [0.15, 0.2) is 0 Å². The van der Waals surface area contributed by atoms with Gasteiger partial charge in [-0.05, 0) is 36.2 Å². The van der Waals surface area contributed by atoms with Gasteiger partial charge in [0, 0.05) is 50.8 Å². The van der Waals surface area contributed by atoms with Gasteiger partial charge in [-0.3, -0.25) is 9.88 Å². The van der Waals surface area contributed by atoms with E-state index in [0.717, 1.165) is 31.8 Å². The lowest BCUT2D eigenvalue weighted by Crippen LogP contribution is -2.45. The van der Waals surface area contributed by atoms with Crippen molar-refractivity contribution < 1.29 is 0 Å². The summed E-state index contributed by atoms with van der Waals surface area (Å²) in [6.07, 6.45) is 7.86. The molecule has 4 rings (SSSR count). The van der Waals surface area contributed by atoms with Crippen LogP contribution in [0.4, 0.5) is 0 Å². The van der Waals surface area contributed by atoms with Crippen LogP contribution in [0.5, 0.6) is 0 Å². The molecule has 118 valence electrons. The van der Waals surface area contributed by atoms with Crippen molar-refractivity contribution >= 4 is 5.65 Å². The Balaban J connectivity index is 1.64. The maximum Gasteiger partial charge on any atom is 0.139 e. The highest BCUT2D eigenvalue weighted by atomic mass is 15.2. The summed E-state index contributed by atoms with van der Waals surface area (Å²) in [4.78, 5) is 11.3. The van der Waals surface area contributed by atoms with Gasteiger partial charge in [-0.2, -0.15) is 0 Å². The van der Waals surface area contributed by atoms with Crippen molar-refractivity contribution in [2.24, 2.45) is 0 Å². The van der Waals surface area contributed by atoms with Crippen molar-refractivity contribution in [1.29, 1.82) is 0 Å². The third-order valence-electron chi connectivity index (χ3n) is 4.62. The quantitative estimate of drug-likeness (QED) is 0.805. The van der Waals surface area contributed by atoms with E-state index in [1.165, 1.54) is 16.8 Å². The highest BCUT2D eigenvalue weighted by molar-refractivity contribution is 5.48. The standard InChI is InChI=1S/C18H21N5/c1-14-3-2-9-23-16(11-21-18(14)23)13-22-10-8-20-12-17(22)15-4-6-19-7-5-15/h2-7,9,11,17,20H,8,10,12-13H2,1H3. The zero-order valence-corrected chi connectivity index (χ0v) is 13.3. The van der Waals surface area contributed by atoms with Crippen LogP contribution in [0.3, 0.4) is 0 Å². The molecule has 1 atom stereocenters. The summed E-state index contributed by atoms with van der Waals surface area (Å²) >= 11 is 0. The molecule has 3 aromatic rings. The predicted octanol–water partition coefficient (Wildman–Crippen LogP) is 2.18. The van der Waals surface area contributed by atoms with Crippen LogP contribution >= 0.6 is 0 Å². The van der Waals surface area contributed by atoms with Crippen molar-refractivity contribution in [2.75, 3.05) is 19.6 Å². The van der Waals surface area contributed by atoms with Crippen LogP contribution in [0.2, 0.25) is 0 Å². The first-order valence-electron chi connectivity index (χ1n) is 8.09. The maximum atomic E-state index is 4.59. The number of fused-ring (bicyclic) bond motifs is 1. The molecule has 4 heterocycles. The highest BCUT2D eigenvalue weighted by Gasteiger charge is 2.24. The van der Waals surface area contributed by atoms with Crippen molar-refractivity contribution in [3.63, 3.8) is 0 Å². The molecule has 1 N–H and O–H groups in total. The van der Waals surface area contributed by atoms with E-state index in [0.29, 0.717) is 6.04 Å². The van der Waals surface area contributed by atoms with Crippen LogP contribution < -0.4 is 5.32 Å². The largest absolute Gasteiger partial charge is 0.314 e. The first-order valence-corrected chi connectivity index (χ1v) is 8.09. The molecule has 1 aliphatic rings. The van der Waals surface area contributed by atoms with Crippen LogP contribution in [0, 0.1) is 6.92 Å². The van der Waals surface area contributed by atoms with Gasteiger partial charge in [-0.15, -0.1) is 0 Å².